The lowest BCUT2D eigenvalue weighted by molar-refractivity contribution is -0.904. The number of quaternary nitrogens is 1. The van der Waals surface area contributed by atoms with Crippen LogP contribution in [0.2, 0.25) is 0 Å². The van der Waals surface area contributed by atoms with Gasteiger partial charge in [-0.05, 0) is 25.0 Å². The van der Waals surface area contributed by atoms with Gasteiger partial charge in [0, 0.05) is 5.92 Å². The standard InChI is InChI=1S/C16H24FN3.ClH/c17-15-7-4-8-16(18-15)20-11-9-19(10-12-20)13-14-5-2-1-3-6-14;/h4,7-8,14H,1-3,5-6,9-13H2;1H. The summed E-state index contributed by atoms with van der Waals surface area (Å²) in [7, 11) is 0. The zero-order valence-electron chi connectivity index (χ0n) is 12.5. The van der Waals surface area contributed by atoms with E-state index < -0.39 is 0 Å². The molecule has 1 N–H and O–H groups in total. The van der Waals surface area contributed by atoms with Crippen molar-refractivity contribution in [3.05, 3.63) is 24.1 Å². The molecule has 0 spiro atoms. The minimum absolute atomic E-state index is 0. The van der Waals surface area contributed by atoms with Gasteiger partial charge in [-0.3, -0.25) is 0 Å². The third-order valence-corrected chi connectivity index (χ3v) is 4.80. The maximum absolute atomic E-state index is 13.2. The van der Waals surface area contributed by atoms with Crippen molar-refractivity contribution in [2.45, 2.75) is 32.1 Å². The fraction of sp³-hybridized carbons (Fsp3) is 0.688. The summed E-state index contributed by atoms with van der Waals surface area (Å²) in [5.74, 6) is 1.36. The zero-order valence-corrected chi connectivity index (χ0v) is 13.3. The van der Waals surface area contributed by atoms with Gasteiger partial charge in [0.15, 0.2) is 0 Å². The molecule has 0 aromatic carbocycles. The van der Waals surface area contributed by atoms with Crippen LogP contribution in [-0.2, 0) is 0 Å². The molecule has 2 fully saturated rings. The van der Waals surface area contributed by atoms with Crippen LogP contribution >= 0.6 is 0 Å². The van der Waals surface area contributed by atoms with Crippen LogP contribution in [0.4, 0.5) is 10.2 Å². The van der Waals surface area contributed by atoms with Gasteiger partial charge in [-0.1, -0.05) is 25.3 Å². The second-order valence-corrected chi connectivity index (χ2v) is 6.26. The van der Waals surface area contributed by atoms with Crippen molar-refractivity contribution in [1.29, 1.82) is 0 Å². The summed E-state index contributed by atoms with van der Waals surface area (Å²) in [6.45, 7) is 5.66. The smallest absolute Gasteiger partial charge is 0.214 e. The highest BCUT2D eigenvalue weighted by Crippen LogP contribution is 2.22. The first-order valence-electron chi connectivity index (χ1n) is 8.02. The predicted molar refractivity (Wildman–Crippen MR) is 78.5 cm³/mol. The summed E-state index contributed by atoms with van der Waals surface area (Å²) >= 11 is 0. The lowest BCUT2D eigenvalue weighted by Gasteiger charge is -2.35. The Kier molecular flexibility index (Phi) is 6.24. The molecule has 3 rings (SSSR count). The Bertz CT molecular complexity index is 429. The number of piperazine rings is 1. The van der Waals surface area contributed by atoms with E-state index in [0.29, 0.717) is 0 Å². The van der Waals surface area contributed by atoms with E-state index >= 15 is 0 Å². The zero-order chi connectivity index (χ0) is 13.8. The normalized spacial score (nSPS) is 21.1. The molecule has 1 aliphatic heterocycles. The summed E-state index contributed by atoms with van der Waals surface area (Å²) in [4.78, 5) is 7.93. The van der Waals surface area contributed by atoms with Crippen LogP contribution in [0.1, 0.15) is 32.1 Å². The van der Waals surface area contributed by atoms with E-state index in [0.717, 1.165) is 37.9 Å². The highest BCUT2D eigenvalue weighted by molar-refractivity contribution is 5.37. The lowest BCUT2D eigenvalue weighted by atomic mass is 9.89. The Hall–Kier alpha value is -0.870. The van der Waals surface area contributed by atoms with E-state index in [2.05, 4.69) is 9.88 Å². The van der Waals surface area contributed by atoms with Gasteiger partial charge in [0.1, 0.15) is 5.82 Å². The number of pyridine rings is 1. The second-order valence-electron chi connectivity index (χ2n) is 6.26. The molecule has 5 heteroatoms. The maximum atomic E-state index is 13.2. The number of nitrogens with one attached hydrogen (secondary N) is 1. The van der Waals surface area contributed by atoms with Crippen LogP contribution in [0.25, 0.3) is 0 Å². The van der Waals surface area contributed by atoms with E-state index in [1.807, 2.05) is 6.07 Å². The number of anilines is 1. The molecule has 0 bridgehead atoms. The van der Waals surface area contributed by atoms with E-state index in [1.54, 1.807) is 11.0 Å². The van der Waals surface area contributed by atoms with Crippen molar-refractivity contribution in [2.75, 3.05) is 37.6 Å². The van der Waals surface area contributed by atoms with Gasteiger partial charge in [0.25, 0.3) is 0 Å². The molecular formula is C16H25ClFN3. The predicted octanol–water partition coefficient (Wildman–Crippen LogP) is -1.49. The molecule has 0 radical (unpaired) electrons. The molecule has 1 aromatic rings. The average Bonchev–Trinajstić information content (AvgIpc) is 2.49. The molecule has 1 saturated heterocycles. The maximum Gasteiger partial charge on any atom is 0.214 e. The first-order valence-corrected chi connectivity index (χ1v) is 8.02. The molecule has 118 valence electrons. The van der Waals surface area contributed by atoms with E-state index in [9.17, 15) is 4.39 Å². The van der Waals surface area contributed by atoms with Crippen LogP contribution in [0.5, 0.6) is 0 Å². The Morgan fingerprint density at radius 2 is 1.86 bits per heavy atom. The third-order valence-electron chi connectivity index (χ3n) is 4.80. The van der Waals surface area contributed by atoms with Gasteiger partial charge >= 0.3 is 0 Å². The van der Waals surface area contributed by atoms with Crippen LogP contribution in [0, 0.1) is 11.9 Å². The summed E-state index contributed by atoms with van der Waals surface area (Å²) in [5, 5.41) is 0. The molecule has 1 aromatic heterocycles. The average molecular weight is 314 g/mol. The quantitative estimate of drug-likeness (QED) is 0.686. The van der Waals surface area contributed by atoms with Crippen LogP contribution in [-0.4, -0.2) is 37.7 Å². The fourth-order valence-corrected chi connectivity index (χ4v) is 3.63. The summed E-state index contributed by atoms with van der Waals surface area (Å²) < 4.78 is 13.2. The van der Waals surface area contributed by atoms with Gasteiger partial charge < -0.3 is 22.2 Å². The van der Waals surface area contributed by atoms with Crippen molar-refractivity contribution >= 4 is 5.82 Å². The molecule has 1 aliphatic carbocycles. The molecule has 0 unspecified atom stereocenters. The fourth-order valence-electron chi connectivity index (χ4n) is 3.63. The van der Waals surface area contributed by atoms with E-state index in [-0.39, 0.29) is 18.4 Å². The molecule has 0 amide bonds. The molecule has 2 aliphatic rings. The minimum Gasteiger partial charge on any atom is -1.00 e. The first kappa shape index (κ1) is 16.5. The molecule has 0 atom stereocenters. The van der Waals surface area contributed by atoms with Crippen molar-refractivity contribution in [3.63, 3.8) is 0 Å². The Balaban J connectivity index is 0.00000161. The summed E-state index contributed by atoms with van der Waals surface area (Å²) in [5.41, 5.74) is 0. The van der Waals surface area contributed by atoms with Crippen molar-refractivity contribution in [2.24, 2.45) is 5.92 Å². The van der Waals surface area contributed by atoms with E-state index in [1.165, 1.54) is 44.7 Å². The monoisotopic (exact) mass is 313 g/mol. The van der Waals surface area contributed by atoms with Gasteiger partial charge in [-0.2, -0.15) is 4.39 Å². The second kappa shape index (κ2) is 7.95. The SMILES string of the molecule is Fc1cccc(N2CC[NH+](CC3CCCCC3)CC2)n1.[Cl-]. The molecule has 1 saturated carbocycles. The summed E-state index contributed by atoms with van der Waals surface area (Å²) in [6.07, 6.45) is 7.15. The number of rotatable bonds is 3. The van der Waals surface area contributed by atoms with Crippen molar-refractivity contribution in [3.8, 4) is 0 Å². The Morgan fingerprint density at radius 3 is 2.52 bits per heavy atom. The van der Waals surface area contributed by atoms with Crippen LogP contribution < -0.4 is 22.2 Å². The van der Waals surface area contributed by atoms with Gasteiger partial charge in [-0.15, -0.1) is 0 Å². The Morgan fingerprint density at radius 1 is 1.14 bits per heavy atom. The highest BCUT2D eigenvalue weighted by Gasteiger charge is 2.24. The van der Waals surface area contributed by atoms with Gasteiger partial charge in [-0.25, -0.2) is 4.98 Å². The molecule has 21 heavy (non-hydrogen) atoms. The molecular weight excluding hydrogens is 289 g/mol. The van der Waals surface area contributed by atoms with Crippen molar-refractivity contribution < 1.29 is 21.7 Å². The third kappa shape index (κ3) is 4.55. The largest absolute Gasteiger partial charge is 1.00 e. The minimum atomic E-state index is -0.375. The van der Waals surface area contributed by atoms with Crippen LogP contribution in [0.15, 0.2) is 18.2 Å². The number of aromatic nitrogens is 1. The lowest BCUT2D eigenvalue weighted by Crippen LogP contribution is -3.15. The molecule has 3 nitrogen and oxygen atoms in total. The van der Waals surface area contributed by atoms with Gasteiger partial charge in [0.05, 0.1) is 32.7 Å². The number of hydrogen-bond acceptors (Lipinski definition) is 2. The van der Waals surface area contributed by atoms with E-state index in [4.69, 9.17) is 0 Å². The van der Waals surface area contributed by atoms with Crippen molar-refractivity contribution in [1.82, 2.24) is 4.98 Å². The molecule has 2 heterocycles. The summed E-state index contributed by atoms with van der Waals surface area (Å²) in [6, 6.07) is 5.07. The first-order chi connectivity index (χ1) is 9.81. The highest BCUT2D eigenvalue weighted by atomic mass is 35.5. The number of nitrogens with zero attached hydrogens (tertiary/aromatic N) is 2. The van der Waals surface area contributed by atoms with Crippen LogP contribution in [0.3, 0.4) is 0 Å². The number of hydrogen-bond donors (Lipinski definition) is 1. The topological polar surface area (TPSA) is 20.6 Å². The Labute approximate surface area is 132 Å². The van der Waals surface area contributed by atoms with Gasteiger partial charge in [0.2, 0.25) is 5.95 Å². The number of halogens is 2.